The maximum absolute atomic E-state index is 13.6. The molecule has 0 aliphatic rings. The molecule has 0 radical (unpaired) electrons. The molecule has 1 heterocycles. The van der Waals surface area contributed by atoms with Crippen LogP contribution in [0.1, 0.15) is 37.1 Å². The second kappa shape index (κ2) is 10.3. The number of nitrogens with zero attached hydrogens (tertiary/aromatic N) is 1. The molecule has 6 nitrogen and oxygen atoms in total. The molecule has 0 amide bonds. The van der Waals surface area contributed by atoms with Crippen molar-refractivity contribution in [2.24, 2.45) is 0 Å². The average Bonchev–Trinajstić information content (AvgIpc) is 3.14. The van der Waals surface area contributed by atoms with Gasteiger partial charge in [0.1, 0.15) is 17.2 Å². The number of methoxy groups -OCH3 is 1. The summed E-state index contributed by atoms with van der Waals surface area (Å²) >= 11 is 0. The van der Waals surface area contributed by atoms with Crippen molar-refractivity contribution in [3.05, 3.63) is 83.6 Å². The molecule has 1 N–H and O–H groups in total. The maximum atomic E-state index is 13.6. The van der Waals surface area contributed by atoms with E-state index >= 15 is 0 Å². The summed E-state index contributed by atoms with van der Waals surface area (Å²) in [7, 11) is 1.55. The van der Waals surface area contributed by atoms with Gasteiger partial charge >= 0.3 is 12.1 Å². The lowest BCUT2D eigenvalue weighted by molar-refractivity contribution is -0.154. The molecule has 1 atom stereocenters. The summed E-state index contributed by atoms with van der Waals surface area (Å²) in [6.45, 7) is 5.21. The van der Waals surface area contributed by atoms with Gasteiger partial charge in [-0.3, -0.25) is 0 Å². The van der Waals surface area contributed by atoms with Crippen molar-refractivity contribution in [3.63, 3.8) is 0 Å². The van der Waals surface area contributed by atoms with Gasteiger partial charge in [-0.05, 0) is 80.4 Å². The van der Waals surface area contributed by atoms with Gasteiger partial charge in [0, 0.05) is 11.9 Å². The number of carboxylic acid groups (broad SMARTS) is 1. The molecule has 1 aromatic heterocycles. The van der Waals surface area contributed by atoms with Crippen molar-refractivity contribution >= 4 is 16.9 Å². The van der Waals surface area contributed by atoms with E-state index in [0.717, 1.165) is 17.7 Å². The third-order valence-electron chi connectivity index (χ3n) is 6.58. The Morgan fingerprint density at radius 1 is 0.974 bits per heavy atom. The molecule has 0 spiro atoms. The first-order chi connectivity index (χ1) is 17.9. The lowest BCUT2D eigenvalue weighted by Gasteiger charge is -2.25. The lowest BCUT2D eigenvalue weighted by atomic mass is 10.0. The predicted molar refractivity (Wildman–Crippen MR) is 137 cm³/mol. The summed E-state index contributed by atoms with van der Waals surface area (Å²) in [5.41, 5.74) is -0.464. The van der Waals surface area contributed by atoms with Gasteiger partial charge in [-0.25, -0.2) is 4.79 Å². The second-order valence-electron chi connectivity index (χ2n) is 9.15. The van der Waals surface area contributed by atoms with Crippen molar-refractivity contribution in [1.82, 2.24) is 4.57 Å². The van der Waals surface area contributed by atoms with Crippen molar-refractivity contribution in [1.29, 1.82) is 0 Å². The number of rotatable bonds is 9. The van der Waals surface area contributed by atoms with E-state index in [0.29, 0.717) is 39.6 Å². The maximum Gasteiger partial charge on any atom is 0.416 e. The van der Waals surface area contributed by atoms with Crippen molar-refractivity contribution in [2.45, 2.75) is 45.5 Å². The summed E-state index contributed by atoms with van der Waals surface area (Å²) in [6.07, 6.45) is -4.26. The topological polar surface area (TPSA) is 69.9 Å². The van der Waals surface area contributed by atoms with Crippen LogP contribution >= 0.6 is 0 Å². The van der Waals surface area contributed by atoms with E-state index in [-0.39, 0.29) is 13.0 Å². The van der Waals surface area contributed by atoms with Gasteiger partial charge in [-0.15, -0.1) is 0 Å². The predicted octanol–water partition coefficient (Wildman–Crippen LogP) is 7.45. The molecule has 4 aromatic rings. The Labute approximate surface area is 218 Å². The third kappa shape index (κ3) is 5.41. The number of hydrogen-bond donors (Lipinski definition) is 1. The van der Waals surface area contributed by atoms with Crippen LogP contribution in [0.3, 0.4) is 0 Å². The molecule has 38 heavy (non-hydrogen) atoms. The summed E-state index contributed by atoms with van der Waals surface area (Å²) in [6, 6.07) is 17.4. The Balaban J connectivity index is 1.77. The Bertz CT molecular complexity index is 1460. The van der Waals surface area contributed by atoms with Crippen LogP contribution in [0.5, 0.6) is 23.0 Å². The molecule has 0 fully saturated rings. The van der Waals surface area contributed by atoms with E-state index in [1.54, 1.807) is 74.1 Å². The summed E-state index contributed by atoms with van der Waals surface area (Å²) in [5.74, 6) is 0.869. The third-order valence-corrected chi connectivity index (χ3v) is 6.58. The molecular formula is C29H28F3NO5. The molecule has 0 saturated heterocycles. The van der Waals surface area contributed by atoms with Crippen molar-refractivity contribution < 1.29 is 37.3 Å². The van der Waals surface area contributed by atoms with Gasteiger partial charge in [0.2, 0.25) is 5.60 Å². The molecular weight excluding hydrogens is 499 g/mol. The minimum absolute atomic E-state index is 0.211. The van der Waals surface area contributed by atoms with Crippen LogP contribution < -0.4 is 14.2 Å². The van der Waals surface area contributed by atoms with Gasteiger partial charge < -0.3 is 23.9 Å². The number of alkyl halides is 3. The quantitative estimate of drug-likeness (QED) is 0.245. The van der Waals surface area contributed by atoms with E-state index in [1.807, 2.05) is 0 Å². The van der Waals surface area contributed by atoms with Crippen LogP contribution in [-0.4, -0.2) is 28.4 Å². The van der Waals surface area contributed by atoms with Gasteiger partial charge in [-0.1, -0.05) is 19.1 Å². The highest BCUT2D eigenvalue weighted by atomic mass is 19.4. The standard InChI is InChI=1S/C29H28F3NO5/c1-5-28(3,27(34)35)38-23-8-6-7-19(15-23)17-33-18(2)26(37-22-12-10-21(36-4)11-13-22)24-14-9-20(16-25(24)33)29(30,31)32/h6-16H,5,17H2,1-4H3,(H,34,35). The first-order valence-corrected chi connectivity index (χ1v) is 12.0. The SMILES string of the molecule is CCC(C)(Oc1cccc(Cn2c(C)c(Oc3ccc(OC)cc3)c3ccc(C(F)(F)F)cc32)c1)C(=O)O. The van der Waals surface area contributed by atoms with Gasteiger partial charge in [0.05, 0.1) is 23.9 Å². The van der Waals surface area contributed by atoms with Crippen LogP contribution in [0.15, 0.2) is 66.7 Å². The number of fused-ring (bicyclic) bond motifs is 1. The van der Waals surface area contributed by atoms with Crippen LogP contribution in [0, 0.1) is 6.92 Å². The Kier molecular flexibility index (Phi) is 7.31. The number of carbonyl (C=O) groups is 1. The zero-order valence-electron chi connectivity index (χ0n) is 21.4. The number of hydrogen-bond acceptors (Lipinski definition) is 4. The number of ether oxygens (including phenoxy) is 3. The fourth-order valence-corrected chi connectivity index (χ4v) is 4.13. The molecule has 0 saturated carbocycles. The average molecular weight is 528 g/mol. The molecule has 0 aliphatic heterocycles. The highest BCUT2D eigenvalue weighted by Gasteiger charge is 2.34. The van der Waals surface area contributed by atoms with Gasteiger partial charge in [0.15, 0.2) is 5.75 Å². The Morgan fingerprint density at radius 2 is 1.66 bits per heavy atom. The van der Waals surface area contributed by atoms with Crippen LogP contribution in [0.2, 0.25) is 0 Å². The fraction of sp³-hybridized carbons (Fsp3) is 0.276. The van der Waals surface area contributed by atoms with E-state index in [2.05, 4.69) is 0 Å². The second-order valence-corrected chi connectivity index (χ2v) is 9.15. The molecule has 9 heteroatoms. The highest BCUT2D eigenvalue weighted by molar-refractivity contribution is 5.89. The van der Waals surface area contributed by atoms with Crippen LogP contribution in [0.4, 0.5) is 13.2 Å². The van der Waals surface area contributed by atoms with Crippen molar-refractivity contribution in [2.75, 3.05) is 7.11 Å². The van der Waals surface area contributed by atoms with Gasteiger partial charge in [-0.2, -0.15) is 13.2 Å². The monoisotopic (exact) mass is 527 g/mol. The zero-order chi connectivity index (χ0) is 27.7. The summed E-state index contributed by atoms with van der Waals surface area (Å²) in [5, 5.41) is 10.1. The Morgan fingerprint density at radius 3 is 2.26 bits per heavy atom. The minimum Gasteiger partial charge on any atom is -0.497 e. The summed E-state index contributed by atoms with van der Waals surface area (Å²) in [4.78, 5) is 11.7. The number of aromatic nitrogens is 1. The van der Waals surface area contributed by atoms with Crippen molar-refractivity contribution in [3.8, 4) is 23.0 Å². The van der Waals surface area contributed by atoms with Gasteiger partial charge in [0.25, 0.3) is 0 Å². The first-order valence-electron chi connectivity index (χ1n) is 12.0. The molecule has 0 bridgehead atoms. The smallest absolute Gasteiger partial charge is 0.416 e. The minimum atomic E-state index is -4.51. The number of carboxylic acids is 1. The molecule has 1 unspecified atom stereocenters. The molecule has 200 valence electrons. The van der Waals surface area contributed by atoms with E-state index < -0.39 is 23.3 Å². The molecule has 3 aromatic carbocycles. The largest absolute Gasteiger partial charge is 0.497 e. The fourth-order valence-electron chi connectivity index (χ4n) is 4.13. The number of aliphatic carboxylic acids is 1. The number of halogens is 3. The normalized spacial score (nSPS) is 13.2. The molecule has 0 aliphatic carbocycles. The van der Waals surface area contributed by atoms with E-state index in [9.17, 15) is 23.1 Å². The Hall–Kier alpha value is -4.14. The van der Waals surface area contributed by atoms with E-state index in [1.165, 1.54) is 13.0 Å². The lowest BCUT2D eigenvalue weighted by Crippen LogP contribution is -2.40. The van der Waals surface area contributed by atoms with E-state index in [4.69, 9.17) is 14.2 Å². The molecule has 4 rings (SSSR count). The number of benzene rings is 3. The highest BCUT2D eigenvalue weighted by Crippen LogP contribution is 2.40. The van der Waals surface area contributed by atoms with Crippen LogP contribution in [0.25, 0.3) is 10.9 Å². The van der Waals surface area contributed by atoms with Crippen LogP contribution in [-0.2, 0) is 17.5 Å². The first kappa shape index (κ1) is 26.9. The summed E-state index contributed by atoms with van der Waals surface area (Å²) < 4.78 is 59.6. The zero-order valence-corrected chi connectivity index (χ0v) is 21.4.